The third kappa shape index (κ3) is 1.82. The molecule has 0 atom stereocenters. The van der Waals surface area contributed by atoms with Crippen LogP contribution in [0.3, 0.4) is 0 Å². The van der Waals surface area contributed by atoms with E-state index in [1.807, 2.05) is 0 Å². The lowest BCUT2D eigenvalue weighted by Gasteiger charge is -2.10. The summed E-state index contributed by atoms with van der Waals surface area (Å²) in [5.74, 6) is 0.112. The van der Waals surface area contributed by atoms with E-state index in [0.29, 0.717) is 16.8 Å². The van der Waals surface area contributed by atoms with Crippen LogP contribution in [-0.4, -0.2) is 9.72 Å². The van der Waals surface area contributed by atoms with Crippen LogP contribution >= 0.6 is 0 Å². The Kier molecular flexibility index (Phi) is 2.53. The number of para-hydroxylation sites is 1. The highest BCUT2D eigenvalue weighted by molar-refractivity contribution is 5.89. The van der Waals surface area contributed by atoms with Crippen LogP contribution in [0, 0.1) is 0 Å². The van der Waals surface area contributed by atoms with E-state index < -0.39 is 11.7 Å². The van der Waals surface area contributed by atoms with E-state index >= 15 is 0 Å². The van der Waals surface area contributed by atoms with Crippen molar-refractivity contribution in [3.8, 4) is 11.4 Å². The van der Waals surface area contributed by atoms with Gasteiger partial charge in [-0.1, -0.05) is 17.3 Å². The van der Waals surface area contributed by atoms with Crippen molar-refractivity contribution >= 4 is 16.8 Å². The molecule has 4 nitrogen and oxygen atoms in total. The normalized spacial score (nSPS) is 12.2. The summed E-state index contributed by atoms with van der Waals surface area (Å²) in [4.78, 5) is 0. The number of nitrogens with two attached hydrogens (primary N) is 1. The van der Waals surface area contributed by atoms with Crippen molar-refractivity contribution in [2.24, 2.45) is 7.05 Å². The molecule has 3 rings (SSSR count). The Labute approximate surface area is 111 Å². The summed E-state index contributed by atoms with van der Waals surface area (Å²) < 4.78 is 45.3. The first-order chi connectivity index (χ1) is 9.38. The Balaban J connectivity index is 2.31. The Hall–Kier alpha value is -2.44. The van der Waals surface area contributed by atoms with E-state index in [1.54, 1.807) is 19.2 Å². The largest absolute Gasteiger partial charge is 0.418 e. The molecular formula is C13H10F3N3O. The molecule has 7 heteroatoms. The number of benzene rings is 1. The summed E-state index contributed by atoms with van der Waals surface area (Å²) in [6.07, 6.45) is -4.41. The van der Waals surface area contributed by atoms with Gasteiger partial charge in [-0.15, -0.1) is 0 Å². The van der Waals surface area contributed by atoms with E-state index in [2.05, 4.69) is 5.16 Å². The molecule has 0 radical (unpaired) electrons. The SMILES string of the molecule is Cn1c(-c2cc(N)on2)cc2cccc(C(F)(F)F)c21. The van der Waals surface area contributed by atoms with Crippen molar-refractivity contribution in [2.75, 3.05) is 5.73 Å². The topological polar surface area (TPSA) is 57.0 Å². The van der Waals surface area contributed by atoms with Gasteiger partial charge in [-0.05, 0) is 12.1 Å². The number of hydrogen-bond acceptors (Lipinski definition) is 3. The molecule has 0 aliphatic heterocycles. The van der Waals surface area contributed by atoms with Gasteiger partial charge in [0, 0.05) is 18.5 Å². The van der Waals surface area contributed by atoms with E-state index in [0.717, 1.165) is 6.07 Å². The maximum Gasteiger partial charge on any atom is 0.418 e. The first-order valence-electron chi connectivity index (χ1n) is 5.76. The number of aryl methyl sites for hydroxylation is 1. The van der Waals surface area contributed by atoms with Crippen molar-refractivity contribution in [1.82, 2.24) is 9.72 Å². The van der Waals surface area contributed by atoms with Gasteiger partial charge in [0.25, 0.3) is 0 Å². The lowest BCUT2D eigenvalue weighted by molar-refractivity contribution is -0.136. The summed E-state index contributed by atoms with van der Waals surface area (Å²) in [5.41, 5.74) is 5.78. The number of fused-ring (bicyclic) bond motifs is 1. The lowest BCUT2D eigenvalue weighted by Crippen LogP contribution is -2.07. The van der Waals surface area contributed by atoms with Crippen LogP contribution < -0.4 is 5.73 Å². The van der Waals surface area contributed by atoms with Crippen LogP contribution in [0.2, 0.25) is 0 Å². The molecule has 3 aromatic rings. The summed E-state index contributed by atoms with van der Waals surface area (Å²) in [7, 11) is 1.55. The third-order valence-corrected chi connectivity index (χ3v) is 3.15. The summed E-state index contributed by atoms with van der Waals surface area (Å²) in [6, 6.07) is 7.16. The maximum atomic E-state index is 13.0. The Morgan fingerprint density at radius 2 is 2.00 bits per heavy atom. The minimum Gasteiger partial charge on any atom is -0.368 e. The lowest BCUT2D eigenvalue weighted by atomic mass is 10.1. The zero-order chi connectivity index (χ0) is 14.5. The second kappa shape index (κ2) is 4.03. The van der Waals surface area contributed by atoms with Gasteiger partial charge in [0.15, 0.2) is 0 Å². The molecule has 0 aliphatic carbocycles. The van der Waals surface area contributed by atoms with Gasteiger partial charge < -0.3 is 14.8 Å². The van der Waals surface area contributed by atoms with Crippen LogP contribution in [0.25, 0.3) is 22.3 Å². The number of nitrogens with zero attached hydrogens (tertiary/aromatic N) is 2. The quantitative estimate of drug-likeness (QED) is 0.743. The number of nitrogen functional groups attached to an aromatic ring is 1. The van der Waals surface area contributed by atoms with Gasteiger partial charge in [0.05, 0.1) is 16.8 Å². The van der Waals surface area contributed by atoms with Gasteiger partial charge in [0.2, 0.25) is 5.88 Å². The fourth-order valence-electron chi connectivity index (χ4n) is 2.30. The average Bonchev–Trinajstić information content (AvgIpc) is 2.92. The predicted octanol–water partition coefficient (Wildman–Crippen LogP) is 3.43. The van der Waals surface area contributed by atoms with E-state index in [-0.39, 0.29) is 11.4 Å². The van der Waals surface area contributed by atoms with Crippen molar-refractivity contribution < 1.29 is 17.7 Å². The zero-order valence-corrected chi connectivity index (χ0v) is 10.4. The smallest absolute Gasteiger partial charge is 0.368 e. The predicted molar refractivity (Wildman–Crippen MR) is 67.8 cm³/mol. The minimum atomic E-state index is -4.41. The zero-order valence-electron chi connectivity index (χ0n) is 10.4. The molecule has 0 bridgehead atoms. The standard InChI is InChI=1S/C13H10F3N3O/c1-19-10(9-6-11(17)20-18-9)5-7-3-2-4-8(12(7)19)13(14,15)16/h2-6H,17H2,1H3. The molecule has 2 N–H and O–H groups in total. The third-order valence-electron chi connectivity index (χ3n) is 3.15. The molecule has 0 amide bonds. The van der Waals surface area contributed by atoms with E-state index in [4.69, 9.17) is 10.3 Å². The molecule has 104 valence electrons. The second-order valence-corrected chi connectivity index (χ2v) is 4.44. The highest BCUT2D eigenvalue weighted by Gasteiger charge is 2.34. The maximum absolute atomic E-state index is 13.0. The minimum absolute atomic E-state index is 0.108. The highest BCUT2D eigenvalue weighted by atomic mass is 19.4. The molecule has 2 aromatic heterocycles. The van der Waals surface area contributed by atoms with Gasteiger partial charge in [-0.25, -0.2) is 0 Å². The number of halogens is 3. The van der Waals surface area contributed by atoms with E-state index in [9.17, 15) is 13.2 Å². The highest BCUT2D eigenvalue weighted by Crippen LogP contribution is 2.37. The van der Waals surface area contributed by atoms with Gasteiger partial charge in [-0.3, -0.25) is 0 Å². The first-order valence-corrected chi connectivity index (χ1v) is 5.76. The molecular weight excluding hydrogens is 271 g/mol. The van der Waals surface area contributed by atoms with Crippen LogP contribution in [0.4, 0.5) is 19.1 Å². The molecule has 0 aliphatic rings. The summed E-state index contributed by atoms with van der Waals surface area (Å²) in [5, 5.41) is 4.22. The van der Waals surface area contributed by atoms with Crippen molar-refractivity contribution in [3.05, 3.63) is 35.9 Å². The number of aromatic nitrogens is 2. The Morgan fingerprint density at radius 1 is 1.25 bits per heavy atom. The molecule has 0 saturated carbocycles. The Bertz CT molecular complexity index is 786. The summed E-state index contributed by atoms with van der Waals surface area (Å²) >= 11 is 0. The second-order valence-electron chi connectivity index (χ2n) is 4.44. The molecule has 0 fully saturated rings. The number of rotatable bonds is 1. The van der Waals surface area contributed by atoms with Gasteiger partial charge in [0.1, 0.15) is 5.69 Å². The van der Waals surface area contributed by atoms with Gasteiger partial charge >= 0.3 is 6.18 Å². The average molecular weight is 281 g/mol. The molecule has 0 saturated heterocycles. The van der Waals surface area contributed by atoms with Crippen molar-refractivity contribution in [3.63, 3.8) is 0 Å². The fraction of sp³-hybridized carbons (Fsp3) is 0.154. The van der Waals surface area contributed by atoms with Crippen molar-refractivity contribution in [1.29, 1.82) is 0 Å². The molecule has 1 aromatic carbocycles. The van der Waals surface area contributed by atoms with Crippen LogP contribution in [0.5, 0.6) is 0 Å². The fourth-order valence-corrected chi connectivity index (χ4v) is 2.30. The Morgan fingerprint density at radius 3 is 2.60 bits per heavy atom. The van der Waals surface area contributed by atoms with E-state index in [1.165, 1.54) is 16.7 Å². The van der Waals surface area contributed by atoms with Crippen molar-refractivity contribution in [2.45, 2.75) is 6.18 Å². The number of hydrogen-bond donors (Lipinski definition) is 1. The monoisotopic (exact) mass is 281 g/mol. The molecule has 20 heavy (non-hydrogen) atoms. The molecule has 2 heterocycles. The van der Waals surface area contributed by atoms with Crippen LogP contribution in [-0.2, 0) is 13.2 Å². The van der Waals surface area contributed by atoms with Crippen LogP contribution in [0.1, 0.15) is 5.56 Å². The number of anilines is 1. The number of alkyl halides is 3. The van der Waals surface area contributed by atoms with Crippen LogP contribution in [0.15, 0.2) is 34.9 Å². The molecule has 0 unspecified atom stereocenters. The first kappa shape index (κ1) is 12.6. The summed E-state index contributed by atoms with van der Waals surface area (Å²) in [6.45, 7) is 0. The molecule has 0 spiro atoms. The van der Waals surface area contributed by atoms with Gasteiger partial charge in [-0.2, -0.15) is 13.2 Å².